The van der Waals surface area contributed by atoms with Gasteiger partial charge in [0.15, 0.2) is 6.61 Å². The number of nitrogens with zero attached hydrogens (tertiary/aromatic N) is 2. The first kappa shape index (κ1) is 17.2. The summed E-state index contributed by atoms with van der Waals surface area (Å²) in [4.78, 5) is 35.5. The minimum absolute atomic E-state index is 0.0826. The molecule has 2 aromatic rings. The van der Waals surface area contributed by atoms with Crippen LogP contribution in [0.4, 0.5) is 5.69 Å². The number of esters is 1. The van der Waals surface area contributed by atoms with E-state index in [2.05, 4.69) is 0 Å². The predicted molar refractivity (Wildman–Crippen MR) is 83.3 cm³/mol. The van der Waals surface area contributed by atoms with Crippen LogP contribution in [0.25, 0.3) is 0 Å². The van der Waals surface area contributed by atoms with Crippen LogP contribution >= 0.6 is 0 Å². The lowest BCUT2D eigenvalue weighted by atomic mass is 10.1. The summed E-state index contributed by atoms with van der Waals surface area (Å²) in [6.07, 6.45) is 1.50. The Morgan fingerprint density at radius 1 is 1.33 bits per heavy atom. The van der Waals surface area contributed by atoms with Crippen LogP contribution in [0.1, 0.15) is 21.7 Å². The number of carbonyl (C=O) groups excluding carboxylic acids is 2. The average Bonchev–Trinajstić information content (AvgIpc) is 3.04. The molecule has 1 aromatic carbocycles. The summed E-state index contributed by atoms with van der Waals surface area (Å²) in [7, 11) is 1.56. The molecule has 0 fully saturated rings. The number of carbonyl (C=O) groups is 2. The first-order valence-corrected chi connectivity index (χ1v) is 7.07. The van der Waals surface area contributed by atoms with Crippen molar-refractivity contribution in [2.24, 2.45) is 0 Å². The zero-order chi connectivity index (χ0) is 17.7. The molecule has 1 aromatic heterocycles. The van der Waals surface area contributed by atoms with E-state index in [0.29, 0.717) is 11.3 Å². The van der Waals surface area contributed by atoms with Gasteiger partial charge in [-0.2, -0.15) is 0 Å². The van der Waals surface area contributed by atoms with Gasteiger partial charge in [0, 0.05) is 18.7 Å². The number of likely N-dealkylation sites (N-methyl/N-ethyl adjacent to an activating group) is 1. The molecule has 0 N–H and O–H groups in total. The van der Waals surface area contributed by atoms with Crippen molar-refractivity contribution in [1.29, 1.82) is 0 Å². The highest BCUT2D eigenvalue weighted by Crippen LogP contribution is 2.19. The topological polar surface area (TPSA) is 103 Å². The Balaban J connectivity index is 1.91. The highest BCUT2D eigenvalue weighted by Gasteiger charge is 2.17. The molecule has 0 unspecified atom stereocenters. The third-order valence-electron chi connectivity index (χ3n) is 3.35. The number of nitro groups is 1. The summed E-state index contributed by atoms with van der Waals surface area (Å²) in [5, 5.41) is 10.8. The molecule has 8 heteroatoms. The molecule has 0 bridgehead atoms. The second-order valence-electron chi connectivity index (χ2n) is 5.16. The second-order valence-corrected chi connectivity index (χ2v) is 5.16. The van der Waals surface area contributed by atoms with E-state index in [1.54, 1.807) is 19.2 Å². The van der Waals surface area contributed by atoms with Gasteiger partial charge in [-0.05, 0) is 31.2 Å². The highest BCUT2D eigenvalue weighted by atomic mass is 16.6. The Morgan fingerprint density at radius 2 is 2.08 bits per heavy atom. The third kappa shape index (κ3) is 4.19. The lowest BCUT2D eigenvalue weighted by Crippen LogP contribution is -2.30. The van der Waals surface area contributed by atoms with E-state index in [1.165, 1.54) is 36.3 Å². The molecule has 126 valence electrons. The summed E-state index contributed by atoms with van der Waals surface area (Å²) >= 11 is 0. The van der Waals surface area contributed by atoms with Crippen molar-refractivity contribution in [3.05, 3.63) is 63.6 Å². The van der Waals surface area contributed by atoms with Crippen molar-refractivity contribution in [1.82, 2.24) is 4.90 Å². The number of furan rings is 1. The second kappa shape index (κ2) is 7.40. The zero-order valence-corrected chi connectivity index (χ0v) is 13.2. The first-order chi connectivity index (χ1) is 11.4. The average molecular weight is 332 g/mol. The minimum atomic E-state index is -0.715. The van der Waals surface area contributed by atoms with Gasteiger partial charge in [0.05, 0.1) is 23.3 Å². The van der Waals surface area contributed by atoms with Crippen molar-refractivity contribution in [2.45, 2.75) is 13.5 Å². The van der Waals surface area contributed by atoms with Crippen molar-refractivity contribution in [3.63, 3.8) is 0 Å². The normalized spacial score (nSPS) is 10.2. The Bertz CT molecular complexity index is 754. The monoisotopic (exact) mass is 332 g/mol. The van der Waals surface area contributed by atoms with Crippen LogP contribution in [0.15, 0.2) is 41.0 Å². The van der Waals surface area contributed by atoms with Gasteiger partial charge in [-0.25, -0.2) is 4.79 Å². The molecule has 1 heterocycles. The Labute approximate surface area is 137 Å². The number of hydrogen-bond acceptors (Lipinski definition) is 6. The smallest absolute Gasteiger partial charge is 0.338 e. The van der Waals surface area contributed by atoms with Crippen LogP contribution < -0.4 is 0 Å². The molecule has 8 nitrogen and oxygen atoms in total. The van der Waals surface area contributed by atoms with Gasteiger partial charge in [-0.1, -0.05) is 0 Å². The minimum Gasteiger partial charge on any atom is -0.467 e. The van der Waals surface area contributed by atoms with Gasteiger partial charge in [0.25, 0.3) is 11.6 Å². The van der Waals surface area contributed by atoms with E-state index in [4.69, 9.17) is 9.15 Å². The summed E-state index contributed by atoms with van der Waals surface area (Å²) in [6.45, 7) is 1.36. The van der Waals surface area contributed by atoms with E-state index >= 15 is 0 Å². The molecule has 0 aliphatic rings. The van der Waals surface area contributed by atoms with Crippen LogP contribution in [0.2, 0.25) is 0 Å². The van der Waals surface area contributed by atoms with E-state index in [-0.39, 0.29) is 17.8 Å². The molecule has 0 saturated carbocycles. The Kier molecular flexibility index (Phi) is 5.31. The van der Waals surface area contributed by atoms with E-state index in [0.717, 1.165) is 0 Å². The molecule has 0 atom stereocenters. The maximum atomic E-state index is 11.9. The molecule has 0 aliphatic heterocycles. The predicted octanol–water partition coefficient (Wildman–Crippen LogP) is 2.31. The standard InChI is InChI=1S/C16H16N2O6/c1-11-8-12(5-6-14(11)18(21)22)16(20)24-10-15(19)17(2)9-13-4-3-7-23-13/h3-8H,9-10H2,1-2H3. The van der Waals surface area contributed by atoms with E-state index < -0.39 is 23.4 Å². The first-order valence-electron chi connectivity index (χ1n) is 7.07. The lowest BCUT2D eigenvalue weighted by molar-refractivity contribution is -0.385. The SMILES string of the molecule is Cc1cc(C(=O)OCC(=O)N(C)Cc2ccco2)ccc1[N+](=O)[O-]. The summed E-state index contributed by atoms with van der Waals surface area (Å²) < 4.78 is 10.1. The zero-order valence-electron chi connectivity index (χ0n) is 13.2. The molecule has 0 aliphatic carbocycles. The number of aryl methyl sites for hydroxylation is 1. The number of benzene rings is 1. The fourth-order valence-electron chi connectivity index (χ4n) is 2.03. The largest absolute Gasteiger partial charge is 0.467 e. The maximum Gasteiger partial charge on any atom is 0.338 e. The van der Waals surface area contributed by atoms with Gasteiger partial charge in [-0.15, -0.1) is 0 Å². The summed E-state index contributed by atoms with van der Waals surface area (Å²) in [5.74, 6) is -0.491. The fourth-order valence-corrected chi connectivity index (χ4v) is 2.03. The molecule has 24 heavy (non-hydrogen) atoms. The highest BCUT2D eigenvalue weighted by molar-refractivity contribution is 5.91. The van der Waals surface area contributed by atoms with Gasteiger partial charge in [-0.3, -0.25) is 14.9 Å². The van der Waals surface area contributed by atoms with Crippen LogP contribution in [0, 0.1) is 17.0 Å². The number of rotatable bonds is 6. The summed E-state index contributed by atoms with van der Waals surface area (Å²) in [5.41, 5.74) is 0.413. The van der Waals surface area contributed by atoms with Crippen LogP contribution in [-0.4, -0.2) is 35.4 Å². The molecule has 0 spiro atoms. The molecule has 0 saturated heterocycles. The Morgan fingerprint density at radius 3 is 2.67 bits per heavy atom. The molecule has 2 rings (SSSR count). The molecular weight excluding hydrogens is 316 g/mol. The number of ether oxygens (including phenoxy) is 1. The quantitative estimate of drug-likeness (QED) is 0.457. The van der Waals surface area contributed by atoms with Crippen molar-refractivity contribution in [2.75, 3.05) is 13.7 Å². The molecule has 0 radical (unpaired) electrons. The molecular formula is C16H16N2O6. The van der Waals surface area contributed by atoms with Crippen molar-refractivity contribution >= 4 is 17.6 Å². The fraction of sp³-hybridized carbons (Fsp3) is 0.250. The lowest BCUT2D eigenvalue weighted by Gasteiger charge is -2.15. The van der Waals surface area contributed by atoms with Crippen molar-refractivity contribution < 1.29 is 23.7 Å². The van der Waals surface area contributed by atoms with Crippen LogP contribution in [-0.2, 0) is 16.1 Å². The number of amides is 1. The van der Waals surface area contributed by atoms with Crippen LogP contribution in [0.5, 0.6) is 0 Å². The van der Waals surface area contributed by atoms with Gasteiger partial charge in [0.2, 0.25) is 0 Å². The van der Waals surface area contributed by atoms with E-state index in [1.807, 2.05) is 0 Å². The Hall–Kier alpha value is -3.16. The van der Waals surface area contributed by atoms with Gasteiger partial charge >= 0.3 is 5.97 Å². The number of nitro benzene ring substituents is 1. The maximum absolute atomic E-state index is 11.9. The molecule has 1 amide bonds. The van der Waals surface area contributed by atoms with Crippen LogP contribution in [0.3, 0.4) is 0 Å². The summed E-state index contributed by atoms with van der Waals surface area (Å²) in [6, 6.07) is 7.33. The van der Waals surface area contributed by atoms with Crippen molar-refractivity contribution in [3.8, 4) is 0 Å². The van der Waals surface area contributed by atoms with E-state index in [9.17, 15) is 19.7 Å². The van der Waals surface area contributed by atoms with Gasteiger partial charge < -0.3 is 14.1 Å². The number of hydrogen-bond donors (Lipinski definition) is 0. The third-order valence-corrected chi connectivity index (χ3v) is 3.35. The van der Waals surface area contributed by atoms with Gasteiger partial charge in [0.1, 0.15) is 5.76 Å².